The minimum absolute atomic E-state index is 0.0414. The average molecular weight is 370 g/mol. The summed E-state index contributed by atoms with van der Waals surface area (Å²) >= 11 is 0. The number of nitrogens with zero attached hydrogens (tertiary/aromatic N) is 4. The zero-order chi connectivity index (χ0) is 19.2. The highest BCUT2D eigenvalue weighted by atomic mass is 16.2. The number of pyridine rings is 1. The van der Waals surface area contributed by atoms with Gasteiger partial charge >= 0.3 is 0 Å². The molecule has 1 saturated heterocycles. The van der Waals surface area contributed by atoms with Crippen LogP contribution in [0.1, 0.15) is 32.5 Å². The maximum Gasteiger partial charge on any atom is 0.227 e. The molecule has 8 nitrogen and oxygen atoms in total. The van der Waals surface area contributed by atoms with E-state index in [0.29, 0.717) is 24.1 Å². The van der Waals surface area contributed by atoms with Gasteiger partial charge in [-0.2, -0.15) is 5.10 Å². The first kappa shape index (κ1) is 19.0. The quantitative estimate of drug-likeness (QED) is 0.800. The van der Waals surface area contributed by atoms with Gasteiger partial charge in [0, 0.05) is 43.5 Å². The fourth-order valence-electron chi connectivity index (χ4n) is 3.19. The van der Waals surface area contributed by atoms with E-state index in [1.54, 1.807) is 12.4 Å². The molecule has 3 heterocycles. The first-order valence-electron chi connectivity index (χ1n) is 9.40. The van der Waals surface area contributed by atoms with Crippen LogP contribution in [0, 0.1) is 11.8 Å². The van der Waals surface area contributed by atoms with Crippen molar-refractivity contribution < 1.29 is 9.59 Å². The fourth-order valence-corrected chi connectivity index (χ4v) is 3.19. The Balaban J connectivity index is 1.42. The fraction of sp³-hybridized carbons (Fsp3) is 0.526. The van der Waals surface area contributed by atoms with Gasteiger partial charge in [0.25, 0.3) is 0 Å². The van der Waals surface area contributed by atoms with E-state index in [1.807, 2.05) is 30.9 Å². The van der Waals surface area contributed by atoms with Crippen LogP contribution in [0.2, 0.25) is 0 Å². The normalized spacial score (nSPS) is 15.1. The molecule has 3 rings (SSSR count). The van der Waals surface area contributed by atoms with Gasteiger partial charge in [-0.15, -0.1) is 0 Å². The predicted molar refractivity (Wildman–Crippen MR) is 100 cm³/mol. The Hall–Kier alpha value is -2.77. The lowest BCUT2D eigenvalue weighted by Crippen LogP contribution is -2.43. The summed E-state index contributed by atoms with van der Waals surface area (Å²) in [7, 11) is 0. The van der Waals surface area contributed by atoms with Crippen LogP contribution >= 0.6 is 0 Å². The summed E-state index contributed by atoms with van der Waals surface area (Å²) in [6.07, 6.45) is 5.38. The maximum atomic E-state index is 12.2. The molecule has 0 aliphatic carbocycles. The van der Waals surface area contributed by atoms with Crippen LogP contribution in [0.5, 0.6) is 0 Å². The number of aromatic amines is 1. The Labute approximate surface area is 158 Å². The summed E-state index contributed by atoms with van der Waals surface area (Å²) in [5.74, 6) is 1.65. The van der Waals surface area contributed by atoms with Gasteiger partial charge in [0.2, 0.25) is 11.8 Å². The lowest BCUT2D eigenvalue weighted by atomic mass is 9.96. The molecule has 1 fully saturated rings. The van der Waals surface area contributed by atoms with E-state index in [4.69, 9.17) is 0 Å². The van der Waals surface area contributed by atoms with Crippen molar-refractivity contribution in [3.8, 4) is 11.4 Å². The molecule has 0 bridgehead atoms. The maximum absolute atomic E-state index is 12.2. The van der Waals surface area contributed by atoms with E-state index < -0.39 is 0 Å². The second kappa shape index (κ2) is 8.75. The van der Waals surface area contributed by atoms with Crippen LogP contribution in [0.25, 0.3) is 11.4 Å². The molecule has 0 unspecified atom stereocenters. The highest BCUT2D eigenvalue weighted by Gasteiger charge is 2.24. The Morgan fingerprint density at radius 1 is 1.33 bits per heavy atom. The van der Waals surface area contributed by atoms with Crippen molar-refractivity contribution in [1.82, 2.24) is 30.4 Å². The molecule has 2 aromatic heterocycles. The summed E-state index contributed by atoms with van der Waals surface area (Å²) in [6.45, 7) is 6.03. The van der Waals surface area contributed by atoms with Gasteiger partial charge in [-0.1, -0.05) is 13.8 Å². The lowest BCUT2D eigenvalue weighted by Gasteiger charge is -2.33. The van der Waals surface area contributed by atoms with E-state index >= 15 is 0 Å². The van der Waals surface area contributed by atoms with Gasteiger partial charge in [0.05, 0.1) is 6.42 Å². The number of hydrogen-bond donors (Lipinski definition) is 2. The molecule has 0 aromatic carbocycles. The number of amides is 2. The zero-order valence-corrected chi connectivity index (χ0v) is 15.8. The first-order valence-corrected chi connectivity index (χ1v) is 9.40. The van der Waals surface area contributed by atoms with Gasteiger partial charge in [0.1, 0.15) is 5.82 Å². The molecule has 0 spiro atoms. The number of hydrogen-bond acceptors (Lipinski definition) is 5. The van der Waals surface area contributed by atoms with E-state index in [1.165, 1.54) is 0 Å². The number of carbonyl (C=O) groups is 2. The van der Waals surface area contributed by atoms with Crippen LogP contribution in [0.3, 0.4) is 0 Å². The number of aromatic nitrogens is 4. The Kier molecular flexibility index (Phi) is 6.16. The third-order valence-corrected chi connectivity index (χ3v) is 4.79. The molecule has 1 aliphatic heterocycles. The molecule has 2 aromatic rings. The molecule has 0 saturated carbocycles. The SMILES string of the molecule is CC(C)C(=O)N1CCC(CNC(=O)Cc2nc(-c3cccnc3)n[nH]2)CC1. The van der Waals surface area contributed by atoms with E-state index in [2.05, 4.69) is 25.5 Å². The molecule has 144 valence electrons. The van der Waals surface area contributed by atoms with Gasteiger partial charge in [-0.3, -0.25) is 19.7 Å². The Morgan fingerprint density at radius 2 is 2.11 bits per heavy atom. The second-order valence-electron chi connectivity index (χ2n) is 7.25. The van der Waals surface area contributed by atoms with Crippen molar-refractivity contribution in [2.45, 2.75) is 33.1 Å². The van der Waals surface area contributed by atoms with Crippen molar-refractivity contribution >= 4 is 11.8 Å². The van der Waals surface area contributed by atoms with Crippen molar-refractivity contribution in [3.63, 3.8) is 0 Å². The topological polar surface area (TPSA) is 104 Å². The van der Waals surface area contributed by atoms with Crippen LogP contribution in [0.15, 0.2) is 24.5 Å². The van der Waals surface area contributed by atoms with Gasteiger partial charge in [-0.25, -0.2) is 4.98 Å². The van der Waals surface area contributed by atoms with Gasteiger partial charge in [0.15, 0.2) is 5.82 Å². The Bertz CT molecular complexity index is 766. The number of H-pyrrole nitrogens is 1. The largest absolute Gasteiger partial charge is 0.355 e. The zero-order valence-electron chi connectivity index (χ0n) is 15.8. The third kappa shape index (κ3) is 5.12. The smallest absolute Gasteiger partial charge is 0.227 e. The standard InChI is InChI=1S/C19H26N6O2/c1-13(2)19(27)25-8-5-14(6-9-25)11-21-17(26)10-16-22-18(24-23-16)15-4-3-7-20-12-15/h3-4,7,12-14H,5-6,8-11H2,1-2H3,(H,21,26)(H,22,23,24). The Morgan fingerprint density at radius 3 is 2.78 bits per heavy atom. The van der Waals surface area contributed by atoms with Crippen LogP contribution < -0.4 is 5.32 Å². The number of piperidine rings is 1. The minimum Gasteiger partial charge on any atom is -0.355 e. The van der Waals surface area contributed by atoms with Crippen molar-refractivity contribution in [2.75, 3.05) is 19.6 Å². The van der Waals surface area contributed by atoms with E-state index in [-0.39, 0.29) is 24.2 Å². The molecule has 0 atom stereocenters. The molecule has 1 aliphatic rings. The van der Waals surface area contributed by atoms with Crippen molar-refractivity contribution in [3.05, 3.63) is 30.4 Å². The van der Waals surface area contributed by atoms with Crippen LogP contribution in [-0.4, -0.2) is 56.5 Å². The number of rotatable bonds is 6. The lowest BCUT2D eigenvalue weighted by molar-refractivity contribution is -0.136. The third-order valence-electron chi connectivity index (χ3n) is 4.79. The van der Waals surface area contributed by atoms with Gasteiger partial charge < -0.3 is 10.2 Å². The number of likely N-dealkylation sites (tertiary alicyclic amines) is 1. The predicted octanol–water partition coefficient (Wildman–Crippen LogP) is 1.42. The molecule has 2 N–H and O–H groups in total. The van der Waals surface area contributed by atoms with Crippen LogP contribution in [-0.2, 0) is 16.0 Å². The molecular weight excluding hydrogens is 344 g/mol. The monoisotopic (exact) mass is 370 g/mol. The molecular formula is C19H26N6O2. The second-order valence-corrected chi connectivity index (χ2v) is 7.25. The minimum atomic E-state index is -0.0791. The van der Waals surface area contributed by atoms with E-state index in [0.717, 1.165) is 31.5 Å². The summed E-state index contributed by atoms with van der Waals surface area (Å²) in [6, 6.07) is 3.69. The highest BCUT2D eigenvalue weighted by molar-refractivity contribution is 5.78. The van der Waals surface area contributed by atoms with E-state index in [9.17, 15) is 9.59 Å². The van der Waals surface area contributed by atoms with Crippen molar-refractivity contribution in [2.24, 2.45) is 11.8 Å². The van der Waals surface area contributed by atoms with Gasteiger partial charge in [-0.05, 0) is 30.9 Å². The molecule has 2 amide bonds. The first-order chi connectivity index (χ1) is 13.0. The summed E-state index contributed by atoms with van der Waals surface area (Å²) in [4.78, 5) is 34.5. The summed E-state index contributed by atoms with van der Waals surface area (Å²) in [5, 5.41) is 9.92. The molecule has 8 heteroatoms. The summed E-state index contributed by atoms with van der Waals surface area (Å²) < 4.78 is 0. The molecule has 0 radical (unpaired) electrons. The average Bonchev–Trinajstić information content (AvgIpc) is 3.15. The highest BCUT2D eigenvalue weighted by Crippen LogP contribution is 2.18. The number of carbonyl (C=O) groups excluding carboxylic acids is 2. The number of nitrogens with one attached hydrogen (secondary N) is 2. The molecule has 27 heavy (non-hydrogen) atoms. The summed E-state index contributed by atoms with van der Waals surface area (Å²) in [5.41, 5.74) is 0.808. The van der Waals surface area contributed by atoms with Crippen molar-refractivity contribution in [1.29, 1.82) is 0 Å². The van der Waals surface area contributed by atoms with Crippen LogP contribution in [0.4, 0.5) is 0 Å².